The monoisotopic (exact) mass is 465 g/mol. The highest BCUT2D eigenvalue weighted by molar-refractivity contribution is 6.30. The van der Waals surface area contributed by atoms with Gasteiger partial charge in [-0.05, 0) is 45.4 Å². The lowest BCUT2D eigenvalue weighted by atomic mass is 10.0. The molecule has 0 saturated heterocycles. The minimum atomic E-state index is -1.01. The topological polar surface area (TPSA) is 91.9 Å². The van der Waals surface area contributed by atoms with Gasteiger partial charge in [0.15, 0.2) is 23.2 Å². The SMILES string of the molecule is CCn1c(CF)nn(-c2nc(OC(C)C)c(C(=O)Cc3c(C)ccnc3Cl)cc2F)c1=O. The highest BCUT2D eigenvalue weighted by Gasteiger charge is 2.25. The van der Waals surface area contributed by atoms with Crippen LogP contribution in [0, 0.1) is 12.7 Å². The second-order valence-corrected chi connectivity index (χ2v) is 7.66. The Morgan fingerprint density at radius 3 is 2.62 bits per heavy atom. The number of carbonyl (C=O) groups is 1. The molecule has 0 radical (unpaired) electrons. The number of aryl methyl sites for hydroxylation is 1. The van der Waals surface area contributed by atoms with Crippen molar-refractivity contribution in [3.8, 4) is 11.7 Å². The Bertz CT molecular complexity index is 1200. The molecule has 0 unspecified atom stereocenters. The molecule has 3 heterocycles. The normalized spacial score (nSPS) is 11.2. The first-order valence-corrected chi connectivity index (χ1v) is 10.3. The number of pyridine rings is 2. The number of hydrogen-bond donors (Lipinski definition) is 0. The number of rotatable bonds is 8. The van der Waals surface area contributed by atoms with Gasteiger partial charge in [0.1, 0.15) is 11.8 Å². The minimum Gasteiger partial charge on any atom is -0.474 e. The van der Waals surface area contributed by atoms with Gasteiger partial charge in [0.2, 0.25) is 5.88 Å². The van der Waals surface area contributed by atoms with Crippen LogP contribution < -0.4 is 10.4 Å². The number of halogens is 3. The third kappa shape index (κ3) is 4.55. The fourth-order valence-corrected chi connectivity index (χ4v) is 3.41. The van der Waals surface area contributed by atoms with E-state index in [0.717, 1.165) is 16.2 Å². The van der Waals surface area contributed by atoms with Crippen molar-refractivity contribution in [1.29, 1.82) is 0 Å². The molecule has 0 fully saturated rings. The fraction of sp³-hybridized carbons (Fsp3) is 0.381. The van der Waals surface area contributed by atoms with Crippen LogP contribution in [0.5, 0.6) is 5.88 Å². The third-order valence-electron chi connectivity index (χ3n) is 4.72. The summed E-state index contributed by atoms with van der Waals surface area (Å²) in [5, 5.41) is 4.01. The number of carbonyl (C=O) groups excluding carboxylic acids is 1. The van der Waals surface area contributed by atoms with E-state index < -0.39 is 35.9 Å². The third-order valence-corrected chi connectivity index (χ3v) is 5.05. The summed E-state index contributed by atoms with van der Waals surface area (Å²) in [6, 6.07) is 2.65. The summed E-state index contributed by atoms with van der Waals surface area (Å²) in [7, 11) is 0. The van der Waals surface area contributed by atoms with E-state index in [4.69, 9.17) is 16.3 Å². The van der Waals surface area contributed by atoms with Crippen molar-refractivity contribution < 1.29 is 18.3 Å². The van der Waals surface area contributed by atoms with Gasteiger partial charge in [-0.3, -0.25) is 9.36 Å². The molecule has 32 heavy (non-hydrogen) atoms. The average molecular weight is 466 g/mol. The van der Waals surface area contributed by atoms with Crippen molar-refractivity contribution in [3.63, 3.8) is 0 Å². The van der Waals surface area contributed by atoms with Crippen molar-refractivity contribution >= 4 is 17.4 Å². The predicted octanol–water partition coefficient (Wildman–Crippen LogP) is 3.63. The van der Waals surface area contributed by atoms with Crippen LogP contribution in [0.15, 0.2) is 23.1 Å². The summed E-state index contributed by atoms with van der Waals surface area (Å²) in [5.41, 5.74) is 0.390. The zero-order valence-corrected chi connectivity index (χ0v) is 18.8. The number of alkyl halides is 1. The Hall–Kier alpha value is -3.14. The van der Waals surface area contributed by atoms with Gasteiger partial charge in [0, 0.05) is 24.7 Å². The lowest BCUT2D eigenvalue weighted by molar-refractivity contribution is 0.0985. The minimum absolute atomic E-state index is 0.118. The molecule has 0 saturated carbocycles. The largest absolute Gasteiger partial charge is 0.474 e. The summed E-state index contributed by atoms with van der Waals surface area (Å²) in [5.74, 6) is -2.29. The Balaban J connectivity index is 2.11. The van der Waals surface area contributed by atoms with Crippen LogP contribution in [0.3, 0.4) is 0 Å². The van der Waals surface area contributed by atoms with Gasteiger partial charge in [-0.2, -0.15) is 9.67 Å². The van der Waals surface area contributed by atoms with Gasteiger partial charge < -0.3 is 4.74 Å². The molecule has 11 heteroatoms. The lowest BCUT2D eigenvalue weighted by Gasteiger charge is -2.15. The van der Waals surface area contributed by atoms with Gasteiger partial charge in [-0.25, -0.2) is 18.6 Å². The molecule has 0 atom stereocenters. The van der Waals surface area contributed by atoms with Crippen LogP contribution >= 0.6 is 11.6 Å². The van der Waals surface area contributed by atoms with E-state index >= 15 is 4.39 Å². The zero-order chi connectivity index (χ0) is 23.6. The van der Waals surface area contributed by atoms with Gasteiger partial charge >= 0.3 is 5.69 Å². The van der Waals surface area contributed by atoms with Crippen molar-refractivity contribution in [2.75, 3.05) is 0 Å². The van der Waals surface area contributed by atoms with Crippen LogP contribution in [0.2, 0.25) is 5.15 Å². The van der Waals surface area contributed by atoms with E-state index in [0.29, 0.717) is 10.2 Å². The maximum Gasteiger partial charge on any atom is 0.352 e. The highest BCUT2D eigenvalue weighted by Crippen LogP contribution is 2.26. The fourth-order valence-electron chi connectivity index (χ4n) is 3.14. The summed E-state index contributed by atoms with van der Waals surface area (Å²) in [6.07, 6.45) is 0.972. The summed E-state index contributed by atoms with van der Waals surface area (Å²) >= 11 is 6.12. The first-order valence-electron chi connectivity index (χ1n) is 9.93. The van der Waals surface area contributed by atoms with E-state index in [1.165, 1.54) is 6.20 Å². The van der Waals surface area contributed by atoms with Crippen LogP contribution in [-0.2, 0) is 19.6 Å². The van der Waals surface area contributed by atoms with Crippen LogP contribution in [0.1, 0.15) is 48.1 Å². The van der Waals surface area contributed by atoms with Gasteiger partial charge in [-0.15, -0.1) is 5.10 Å². The van der Waals surface area contributed by atoms with Gasteiger partial charge in [-0.1, -0.05) is 11.6 Å². The molecule has 3 aromatic rings. The Morgan fingerprint density at radius 1 is 1.34 bits per heavy atom. The number of ketones is 1. The molecule has 0 spiro atoms. The Labute approximate surface area is 187 Å². The van der Waals surface area contributed by atoms with E-state index in [2.05, 4.69) is 15.1 Å². The number of aromatic nitrogens is 5. The maximum atomic E-state index is 15.0. The van der Waals surface area contributed by atoms with Crippen molar-refractivity contribution in [1.82, 2.24) is 24.3 Å². The summed E-state index contributed by atoms with van der Waals surface area (Å²) < 4.78 is 35.6. The molecule has 0 aromatic carbocycles. The Kier molecular flexibility index (Phi) is 7.02. The summed E-state index contributed by atoms with van der Waals surface area (Å²) in [4.78, 5) is 33.6. The number of Topliss-reactive ketones (excluding diaryl/α,β-unsaturated/α-hetero) is 1. The molecule has 0 aliphatic rings. The van der Waals surface area contributed by atoms with E-state index in [9.17, 15) is 14.0 Å². The van der Waals surface area contributed by atoms with Crippen LogP contribution in [0.4, 0.5) is 8.78 Å². The summed E-state index contributed by atoms with van der Waals surface area (Å²) in [6.45, 7) is 5.98. The second kappa shape index (κ2) is 9.56. The zero-order valence-electron chi connectivity index (χ0n) is 18.0. The molecule has 170 valence electrons. The number of nitrogens with zero attached hydrogens (tertiary/aromatic N) is 5. The maximum absolute atomic E-state index is 15.0. The van der Waals surface area contributed by atoms with Crippen molar-refractivity contribution in [2.45, 2.75) is 53.4 Å². The van der Waals surface area contributed by atoms with Gasteiger partial charge in [0.05, 0.1) is 11.7 Å². The van der Waals surface area contributed by atoms with E-state index in [1.807, 2.05) is 0 Å². The molecule has 0 aliphatic heterocycles. The van der Waals surface area contributed by atoms with Crippen molar-refractivity contribution in [3.05, 3.63) is 62.3 Å². The molecule has 3 rings (SSSR count). The van der Waals surface area contributed by atoms with E-state index in [-0.39, 0.29) is 35.4 Å². The molecular weight excluding hydrogens is 444 g/mol. The molecule has 8 nitrogen and oxygen atoms in total. The Morgan fingerprint density at radius 2 is 2.06 bits per heavy atom. The smallest absolute Gasteiger partial charge is 0.352 e. The number of ether oxygens (including phenoxy) is 1. The molecule has 0 amide bonds. The van der Waals surface area contributed by atoms with E-state index in [1.54, 1.807) is 33.8 Å². The molecule has 3 aromatic heterocycles. The molecular formula is C21H22ClF2N5O3. The predicted molar refractivity (Wildman–Crippen MR) is 114 cm³/mol. The average Bonchev–Trinajstić information content (AvgIpc) is 3.06. The lowest BCUT2D eigenvalue weighted by Crippen LogP contribution is -2.26. The first-order chi connectivity index (χ1) is 15.2. The van der Waals surface area contributed by atoms with Crippen molar-refractivity contribution in [2.24, 2.45) is 0 Å². The van der Waals surface area contributed by atoms with Crippen LogP contribution in [0.25, 0.3) is 5.82 Å². The first kappa shape index (κ1) is 23.5. The second-order valence-electron chi connectivity index (χ2n) is 7.30. The molecule has 0 bridgehead atoms. The molecule has 0 aliphatic carbocycles. The number of hydrogen-bond acceptors (Lipinski definition) is 6. The quantitative estimate of drug-likeness (QED) is 0.372. The standard InChI is InChI=1S/C21H22ClF2N5O3/c1-5-28-17(10-23)27-29(21(28)31)19-15(24)8-14(20(26-19)32-11(2)3)16(30)9-13-12(4)6-7-25-18(13)22/h6-8,11H,5,9-10H2,1-4H3. The highest BCUT2D eigenvalue weighted by atomic mass is 35.5. The molecule has 0 N–H and O–H groups in total. The van der Waals surface area contributed by atoms with Gasteiger partial charge in [0.25, 0.3) is 0 Å². The van der Waals surface area contributed by atoms with Crippen LogP contribution in [-0.4, -0.2) is 36.2 Å².